The van der Waals surface area contributed by atoms with Gasteiger partial charge in [-0.05, 0) is 43.9 Å². The molecule has 2 amide bonds. The van der Waals surface area contributed by atoms with Gasteiger partial charge < -0.3 is 10.2 Å². The van der Waals surface area contributed by atoms with Crippen molar-refractivity contribution in [3.63, 3.8) is 0 Å². The standard InChI is InChI=1S/C20H23N3O2S/c1-11(2)18(24)22-20-21-17(12(3)26-20)15-6-7-16-14(10-15)8-9-23(16)19(25)13-4-5-13/h6-7,10-11,13H,4-5,8-9H2,1-3H3,(H,21,22,24). The molecule has 2 aliphatic rings. The van der Waals surface area contributed by atoms with Crippen molar-refractivity contribution in [3.05, 3.63) is 28.6 Å². The number of carbonyl (C=O) groups excluding carboxylic acids is 2. The molecule has 0 radical (unpaired) electrons. The van der Waals surface area contributed by atoms with Gasteiger partial charge in [-0.1, -0.05) is 19.9 Å². The van der Waals surface area contributed by atoms with Gasteiger partial charge in [-0.15, -0.1) is 11.3 Å². The summed E-state index contributed by atoms with van der Waals surface area (Å²) in [5.74, 6) is 0.430. The van der Waals surface area contributed by atoms with Crippen molar-refractivity contribution < 1.29 is 9.59 Å². The van der Waals surface area contributed by atoms with Crippen LogP contribution in [-0.4, -0.2) is 23.3 Å². The molecule has 1 aliphatic carbocycles. The Hall–Kier alpha value is -2.21. The highest BCUT2D eigenvalue weighted by atomic mass is 32.1. The second kappa shape index (κ2) is 6.50. The van der Waals surface area contributed by atoms with Gasteiger partial charge in [0.05, 0.1) is 5.69 Å². The third-order valence-corrected chi connectivity index (χ3v) is 5.88. The van der Waals surface area contributed by atoms with E-state index in [9.17, 15) is 9.59 Å². The van der Waals surface area contributed by atoms with Gasteiger partial charge in [0.2, 0.25) is 11.8 Å². The number of nitrogens with zero attached hydrogens (tertiary/aromatic N) is 2. The predicted octanol–water partition coefficient (Wildman–Crippen LogP) is 4.01. The summed E-state index contributed by atoms with van der Waals surface area (Å²) in [5.41, 5.74) is 4.20. The summed E-state index contributed by atoms with van der Waals surface area (Å²) < 4.78 is 0. The number of aryl methyl sites for hydroxylation is 1. The number of aromatic nitrogens is 1. The molecule has 1 fully saturated rings. The molecular weight excluding hydrogens is 346 g/mol. The molecule has 5 nitrogen and oxygen atoms in total. The smallest absolute Gasteiger partial charge is 0.230 e. The average molecular weight is 369 g/mol. The van der Waals surface area contributed by atoms with Crippen LogP contribution in [0.1, 0.15) is 37.1 Å². The van der Waals surface area contributed by atoms with E-state index in [0.717, 1.165) is 47.6 Å². The van der Waals surface area contributed by atoms with E-state index in [0.29, 0.717) is 5.13 Å². The van der Waals surface area contributed by atoms with E-state index in [1.165, 1.54) is 16.9 Å². The normalized spacial score (nSPS) is 16.1. The number of anilines is 2. The van der Waals surface area contributed by atoms with Crippen LogP contribution < -0.4 is 10.2 Å². The molecule has 4 rings (SSSR count). The van der Waals surface area contributed by atoms with Gasteiger partial charge in [0.1, 0.15) is 0 Å². The number of rotatable bonds is 4. The molecule has 2 heterocycles. The molecule has 1 N–H and O–H groups in total. The monoisotopic (exact) mass is 369 g/mol. The lowest BCUT2D eigenvalue weighted by molar-refractivity contribution is -0.120. The first-order chi connectivity index (χ1) is 12.4. The van der Waals surface area contributed by atoms with E-state index in [2.05, 4.69) is 16.4 Å². The van der Waals surface area contributed by atoms with Crippen LogP contribution in [0, 0.1) is 18.8 Å². The maximum absolute atomic E-state index is 12.4. The topological polar surface area (TPSA) is 62.3 Å². The highest BCUT2D eigenvalue weighted by Crippen LogP contribution is 2.39. The van der Waals surface area contributed by atoms with Crippen LogP contribution in [0.5, 0.6) is 0 Å². The second-order valence-electron chi connectivity index (χ2n) is 7.43. The van der Waals surface area contributed by atoms with Crippen LogP contribution in [0.3, 0.4) is 0 Å². The number of carbonyl (C=O) groups is 2. The Labute approximate surface area is 157 Å². The van der Waals surface area contributed by atoms with Crippen LogP contribution in [-0.2, 0) is 16.0 Å². The maximum Gasteiger partial charge on any atom is 0.230 e. The van der Waals surface area contributed by atoms with Gasteiger partial charge >= 0.3 is 0 Å². The van der Waals surface area contributed by atoms with Gasteiger partial charge in [0, 0.05) is 34.5 Å². The molecule has 0 atom stereocenters. The minimum absolute atomic E-state index is 0.0199. The van der Waals surface area contributed by atoms with Gasteiger partial charge in [-0.2, -0.15) is 0 Å². The predicted molar refractivity (Wildman–Crippen MR) is 105 cm³/mol. The minimum Gasteiger partial charge on any atom is -0.312 e. The first-order valence-corrected chi connectivity index (χ1v) is 9.98. The van der Waals surface area contributed by atoms with Crippen molar-refractivity contribution >= 4 is 34.0 Å². The van der Waals surface area contributed by atoms with Gasteiger partial charge in [0.25, 0.3) is 0 Å². The summed E-state index contributed by atoms with van der Waals surface area (Å²) in [6.07, 6.45) is 2.96. The lowest BCUT2D eigenvalue weighted by Gasteiger charge is -2.17. The van der Waals surface area contributed by atoms with Crippen LogP contribution >= 0.6 is 11.3 Å². The summed E-state index contributed by atoms with van der Waals surface area (Å²) in [4.78, 5) is 32.0. The van der Waals surface area contributed by atoms with E-state index in [1.54, 1.807) is 0 Å². The molecule has 136 valence electrons. The molecule has 1 aromatic carbocycles. The van der Waals surface area contributed by atoms with Crippen molar-refractivity contribution in [2.45, 2.75) is 40.0 Å². The fraction of sp³-hybridized carbons (Fsp3) is 0.450. The summed E-state index contributed by atoms with van der Waals surface area (Å²) in [6, 6.07) is 6.22. The molecule has 0 unspecified atom stereocenters. The molecule has 0 spiro atoms. The number of thiazole rings is 1. The highest BCUT2D eigenvalue weighted by Gasteiger charge is 2.36. The molecular formula is C20H23N3O2S. The summed E-state index contributed by atoms with van der Waals surface area (Å²) in [7, 11) is 0. The Balaban J connectivity index is 1.59. The average Bonchev–Trinajstić information content (AvgIpc) is 3.28. The van der Waals surface area contributed by atoms with Gasteiger partial charge in [-0.3, -0.25) is 9.59 Å². The van der Waals surface area contributed by atoms with Crippen LogP contribution in [0.2, 0.25) is 0 Å². The number of fused-ring (bicyclic) bond motifs is 1. The van der Waals surface area contributed by atoms with Crippen molar-refractivity contribution in [2.24, 2.45) is 11.8 Å². The quantitative estimate of drug-likeness (QED) is 0.886. The van der Waals surface area contributed by atoms with Crippen molar-refractivity contribution in [3.8, 4) is 11.3 Å². The van der Waals surface area contributed by atoms with E-state index >= 15 is 0 Å². The third kappa shape index (κ3) is 3.14. The Morgan fingerprint density at radius 2 is 2.08 bits per heavy atom. The number of hydrogen-bond acceptors (Lipinski definition) is 4. The van der Waals surface area contributed by atoms with E-state index < -0.39 is 0 Å². The van der Waals surface area contributed by atoms with Crippen molar-refractivity contribution in [1.82, 2.24) is 4.98 Å². The number of amides is 2. The molecule has 1 aromatic heterocycles. The number of nitrogens with one attached hydrogen (secondary N) is 1. The fourth-order valence-corrected chi connectivity index (χ4v) is 4.13. The second-order valence-corrected chi connectivity index (χ2v) is 8.63. The first kappa shape index (κ1) is 17.2. The van der Waals surface area contributed by atoms with Gasteiger partial charge in [-0.25, -0.2) is 4.98 Å². The van der Waals surface area contributed by atoms with Gasteiger partial charge in [0.15, 0.2) is 5.13 Å². The molecule has 1 aliphatic heterocycles. The first-order valence-electron chi connectivity index (χ1n) is 9.17. The third-order valence-electron chi connectivity index (χ3n) is 4.99. The Morgan fingerprint density at radius 1 is 1.31 bits per heavy atom. The molecule has 0 saturated heterocycles. The maximum atomic E-state index is 12.4. The number of benzene rings is 1. The van der Waals surface area contributed by atoms with Crippen LogP contribution in [0.25, 0.3) is 11.3 Å². The lowest BCUT2D eigenvalue weighted by Crippen LogP contribution is -2.30. The van der Waals surface area contributed by atoms with E-state index in [-0.39, 0.29) is 23.7 Å². The van der Waals surface area contributed by atoms with E-state index in [4.69, 9.17) is 0 Å². The Kier molecular flexibility index (Phi) is 4.31. The van der Waals surface area contributed by atoms with Crippen molar-refractivity contribution in [1.29, 1.82) is 0 Å². The Bertz CT molecular complexity index is 883. The molecule has 6 heteroatoms. The fourth-order valence-electron chi connectivity index (χ4n) is 3.30. The minimum atomic E-state index is -0.0716. The van der Waals surface area contributed by atoms with Crippen LogP contribution in [0.15, 0.2) is 18.2 Å². The molecule has 26 heavy (non-hydrogen) atoms. The summed E-state index contributed by atoms with van der Waals surface area (Å²) in [5, 5.41) is 3.52. The highest BCUT2D eigenvalue weighted by molar-refractivity contribution is 7.16. The van der Waals surface area contributed by atoms with E-state index in [1.807, 2.05) is 37.8 Å². The summed E-state index contributed by atoms with van der Waals surface area (Å²) in [6.45, 7) is 6.53. The molecule has 0 bridgehead atoms. The number of hydrogen-bond donors (Lipinski definition) is 1. The zero-order valence-electron chi connectivity index (χ0n) is 15.3. The Morgan fingerprint density at radius 3 is 2.77 bits per heavy atom. The van der Waals surface area contributed by atoms with Crippen LogP contribution in [0.4, 0.5) is 10.8 Å². The lowest BCUT2D eigenvalue weighted by atomic mass is 10.1. The molecule has 1 saturated carbocycles. The largest absolute Gasteiger partial charge is 0.312 e. The zero-order chi connectivity index (χ0) is 18.4. The van der Waals surface area contributed by atoms with Crippen molar-refractivity contribution in [2.75, 3.05) is 16.8 Å². The SMILES string of the molecule is Cc1sc(NC(=O)C(C)C)nc1-c1ccc2c(c1)CCN2C(=O)C1CC1. The summed E-state index contributed by atoms with van der Waals surface area (Å²) >= 11 is 1.50. The zero-order valence-corrected chi connectivity index (χ0v) is 16.2. The molecule has 2 aromatic rings.